The molecule has 0 fully saturated rings. The second-order valence-electron chi connectivity index (χ2n) is 3.76. The van der Waals surface area contributed by atoms with Crippen molar-refractivity contribution in [1.29, 1.82) is 0 Å². The second kappa shape index (κ2) is 5.46. The van der Waals surface area contributed by atoms with Crippen LogP contribution in [0.4, 0.5) is 0 Å². The van der Waals surface area contributed by atoms with E-state index in [1.807, 2.05) is 13.8 Å². The van der Waals surface area contributed by atoms with Gasteiger partial charge in [-0.3, -0.25) is 5.32 Å². The first kappa shape index (κ1) is 13.6. The molecule has 0 heterocycles. The Hall–Kier alpha value is -1.42. The molecular formula is C8H17N7. The molecule has 0 aromatic carbocycles. The number of rotatable bonds is 6. The van der Waals surface area contributed by atoms with Crippen molar-refractivity contribution in [3.8, 4) is 0 Å². The van der Waals surface area contributed by atoms with Crippen molar-refractivity contribution < 1.29 is 0 Å². The monoisotopic (exact) mass is 211 g/mol. The number of nitrogens with one attached hydrogen (secondary N) is 1. The van der Waals surface area contributed by atoms with Gasteiger partial charge in [0.25, 0.3) is 0 Å². The third-order valence-corrected chi connectivity index (χ3v) is 2.45. The first-order chi connectivity index (χ1) is 6.95. The van der Waals surface area contributed by atoms with Gasteiger partial charge in [0.2, 0.25) is 0 Å². The Bertz CT molecular complexity index is 272. The Morgan fingerprint density at radius 3 is 1.53 bits per heavy atom. The number of nitrogens with zero attached hydrogens (tertiary/aromatic N) is 6. The molecule has 0 rings (SSSR count). The predicted molar refractivity (Wildman–Crippen MR) is 58.8 cm³/mol. The molecule has 7 heteroatoms. The van der Waals surface area contributed by atoms with E-state index < -0.39 is 11.3 Å². The molecule has 0 saturated carbocycles. The Labute approximate surface area is 89.1 Å². The van der Waals surface area contributed by atoms with Gasteiger partial charge in [-0.2, -0.15) is 0 Å². The Morgan fingerprint density at radius 1 is 1.00 bits per heavy atom. The first-order valence-corrected chi connectivity index (χ1v) is 4.87. The second-order valence-corrected chi connectivity index (χ2v) is 3.76. The third-order valence-electron chi connectivity index (χ3n) is 2.45. The van der Waals surface area contributed by atoms with Gasteiger partial charge >= 0.3 is 0 Å². The fraction of sp³-hybridized carbons (Fsp3) is 1.00. The van der Waals surface area contributed by atoms with E-state index in [4.69, 9.17) is 11.1 Å². The Kier molecular flexibility index (Phi) is 4.94. The summed E-state index contributed by atoms with van der Waals surface area (Å²) in [5.41, 5.74) is 15.4. The smallest absolute Gasteiger partial charge is 0.0948 e. The van der Waals surface area contributed by atoms with Crippen LogP contribution in [-0.4, -0.2) is 11.3 Å². The lowest BCUT2D eigenvalue weighted by Gasteiger charge is -2.34. The molecule has 0 spiro atoms. The van der Waals surface area contributed by atoms with E-state index in [9.17, 15) is 0 Å². The zero-order valence-electron chi connectivity index (χ0n) is 9.60. The molecule has 0 radical (unpaired) electrons. The van der Waals surface area contributed by atoms with Crippen molar-refractivity contribution in [3.63, 3.8) is 0 Å². The highest BCUT2D eigenvalue weighted by Gasteiger charge is 2.30. The minimum absolute atomic E-state index is 0.619. The summed E-state index contributed by atoms with van der Waals surface area (Å²) in [5, 5.41) is 10.4. The van der Waals surface area contributed by atoms with Crippen LogP contribution in [0, 0.1) is 0 Å². The van der Waals surface area contributed by atoms with Gasteiger partial charge in [0.05, 0.1) is 11.3 Å². The van der Waals surface area contributed by atoms with Gasteiger partial charge < -0.3 is 0 Å². The van der Waals surface area contributed by atoms with Crippen molar-refractivity contribution in [2.45, 2.75) is 51.9 Å². The maximum absolute atomic E-state index is 8.45. The van der Waals surface area contributed by atoms with Crippen molar-refractivity contribution in [2.75, 3.05) is 0 Å². The SMILES string of the molecule is CCC(C)(N=[N+]=[N-])NC(C)(CC)N=[N+]=[N-]. The van der Waals surface area contributed by atoms with Gasteiger partial charge in [0, 0.05) is 9.82 Å². The van der Waals surface area contributed by atoms with E-state index >= 15 is 0 Å². The van der Waals surface area contributed by atoms with E-state index in [-0.39, 0.29) is 0 Å². The summed E-state index contributed by atoms with van der Waals surface area (Å²) in [6.45, 7) is 7.34. The highest BCUT2D eigenvalue weighted by atomic mass is 15.4. The zero-order valence-corrected chi connectivity index (χ0v) is 9.60. The van der Waals surface area contributed by atoms with Crippen molar-refractivity contribution in [1.82, 2.24) is 5.32 Å². The molecule has 0 aromatic heterocycles. The average Bonchev–Trinajstić information content (AvgIpc) is 2.18. The highest BCUT2D eigenvalue weighted by molar-refractivity contribution is 4.89. The van der Waals surface area contributed by atoms with Crippen LogP contribution in [0.1, 0.15) is 40.5 Å². The molecule has 15 heavy (non-hydrogen) atoms. The van der Waals surface area contributed by atoms with E-state index in [0.29, 0.717) is 12.8 Å². The van der Waals surface area contributed by atoms with Gasteiger partial charge in [-0.25, -0.2) is 0 Å². The van der Waals surface area contributed by atoms with Crippen molar-refractivity contribution in [2.24, 2.45) is 10.2 Å². The van der Waals surface area contributed by atoms with Gasteiger partial charge in [0.1, 0.15) is 0 Å². The summed E-state index contributed by atoms with van der Waals surface area (Å²) in [5.74, 6) is 0. The van der Waals surface area contributed by atoms with Crippen LogP contribution in [-0.2, 0) is 0 Å². The topological polar surface area (TPSA) is 110 Å². The highest BCUT2D eigenvalue weighted by Crippen LogP contribution is 2.20. The van der Waals surface area contributed by atoms with Crippen LogP contribution in [0.2, 0.25) is 0 Å². The van der Waals surface area contributed by atoms with E-state index in [2.05, 4.69) is 25.4 Å². The molecule has 1 N–H and O–H groups in total. The molecule has 2 unspecified atom stereocenters. The molecule has 0 aromatic rings. The molecule has 0 aliphatic heterocycles. The lowest BCUT2D eigenvalue weighted by Crippen LogP contribution is -2.52. The van der Waals surface area contributed by atoms with Crippen LogP contribution in [0.5, 0.6) is 0 Å². The minimum Gasteiger partial charge on any atom is -0.296 e. The van der Waals surface area contributed by atoms with Crippen LogP contribution in [0.15, 0.2) is 10.2 Å². The van der Waals surface area contributed by atoms with Crippen LogP contribution in [0.25, 0.3) is 20.9 Å². The van der Waals surface area contributed by atoms with Crippen molar-refractivity contribution >= 4 is 0 Å². The fourth-order valence-corrected chi connectivity index (χ4v) is 1.15. The first-order valence-electron chi connectivity index (χ1n) is 4.87. The summed E-state index contributed by atoms with van der Waals surface area (Å²) in [7, 11) is 0. The maximum atomic E-state index is 8.45. The summed E-state index contributed by atoms with van der Waals surface area (Å²) in [6, 6.07) is 0. The molecule has 84 valence electrons. The fourth-order valence-electron chi connectivity index (χ4n) is 1.15. The number of azide groups is 2. The summed E-state index contributed by atoms with van der Waals surface area (Å²) < 4.78 is 0. The van der Waals surface area contributed by atoms with E-state index in [1.54, 1.807) is 13.8 Å². The predicted octanol–water partition coefficient (Wildman–Crippen LogP) is 3.45. The standard InChI is InChI=1S/C8H17N7/c1-5-7(3,12-14-9)11-8(4,6-2)13-15-10/h11H,5-6H2,1-4H3. The quantitative estimate of drug-likeness (QED) is 0.405. The molecule has 0 saturated heterocycles. The molecule has 0 aliphatic rings. The summed E-state index contributed by atoms with van der Waals surface area (Å²) in [6.07, 6.45) is 1.24. The van der Waals surface area contributed by atoms with Crippen LogP contribution < -0.4 is 5.32 Å². The molecule has 0 amide bonds. The van der Waals surface area contributed by atoms with E-state index in [1.165, 1.54) is 0 Å². The van der Waals surface area contributed by atoms with Crippen LogP contribution >= 0.6 is 0 Å². The average molecular weight is 211 g/mol. The Balaban J connectivity index is 4.93. The molecule has 7 nitrogen and oxygen atoms in total. The summed E-state index contributed by atoms with van der Waals surface area (Å²) >= 11 is 0. The van der Waals surface area contributed by atoms with E-state index in [0.717, 1.165) is 0 Å². The van der Waals surface area contributed by atoms with Crippen molar-refractivity contribution in [3.05, 3.63) is 20.9 Å². The molecular weight excluding hydrogens is 194 g/mol. The lowest BCUT2D eigenvalue weighted by atomic mass is 10.0. The van der Waals surface area contributed by atoms with Gasteiger partial charge in [-0.15, -0.1) is 0 Å². The van der Waals surface area contributed by atoms with Gasteiger partial charge in [-0.1, -0.05) is 24.1 Å². The molecule has 0 aliphatic carbocycles. The number of hydrogen-bond donors (Lipinski definition) is 1. The summed E-state index contributed by atoms with van der Waals surface area (Å²) in [4.78, 5) is 5.57. The third kappa shape index (κ3) is 4.08. The van der Waals surface area contributed by atoms with Gasteiger partial charge in [0.15, 0.2) is 0 Å². The normalized spacial score (nSPS) is 17.9. The zero-order chi connectivity index (χ0) is 11.9. The molecule has 2 atom stereocenters. The molecule has 0 bridgehead atoms. The largest absolute Gasteiger partial charge is 0.296 e. The lowest BCUT2D eigenvalue weighted by molar-refractivity contribution is 0.229. The van der Waals surface area contributed by atoms with Crippen LogP contribution in [0.3, 0.4) is 0 Å². The Morgan fingerprint density at radius 2 is 1.33 bits per heavy atom. The minimum atomic E-state index is -0.728. The van der Waals surface area contributed by atoms with Gasteiger partial charge in [-0.05, 0) is 37.8 Å². The maximum Gasteiger partial charge on any atom is 0.0948 e. The number of hydrogen-bond acceptors (Lipinski definition) is 3.